The zero-order valence-electron chi connectivity index (χ0n) is 10.2. The van der Waals surface area contributed by atoms with Gasteiger partial charge in [0.15, 0.2) is 0 Å². The van der Waals surface area contributed by atoms with E-state index in [1.54, 1.807) is 30.3 Å². The van der Waals surface area contributed by atoms with Crippen LogP contribution < -0.4 is 10.5 Å². The maximum atomic E-state index is 9.18. The minimum Gasteiger partial charge on any atom is -0.508 e. The molecule has 0 spiro atoms. The molecule has 0 bridgehead atoms. The monoisotopic (exact) mass is 255 g/mol. The van der Waals surface area contributed by atoms with Crippen molar-refractivity contribution < 1.29 is 14.3 Å². The van der Waals surface area contributed by atoms with Gasteiger partial charge < -0.3 is 20.0 Å². The van der Waals surface area contributed by atoms with E-state index in [9.17, 15) is 5.11 Å². The average molecular weight is 255 g/mol. The highest BCUT2D eigenvalue weighted by atomic mass is 16.5. The van der Waals surface area contributed by atoms with E-state index in [-0.39, 0.29) is 5.75 Å². The Labute approximate surface area is 110 Å². The third kappa shape index (κ3) is 2.47. The Balaban J connectivity index is 1.76. The van der Waals surface area contributed by atoms with Crippen molar-refractivity contribution in [2.45, 2.75) is 6.61 Å². The summed E-state index contributed by atoms with van der Waals surface area (Å²) in [5.41, 5.74) is 7.21. The molecule has 0 fully saturated rings. The molecule has 4 heteroatoms. The van der Waals surface area contributed by atoms with Gasteiger partial charge in [-0.2, -0.15) is 0 Å². The van der Waals surface area contributed by atoms with E-state index in [0.717, 1.165) is 16.7 Å². The number of hydrogen-bond donors (Lipinski definition) is 2. The number of anilines is 1. The fraction of sp³-hybridized carbons (Fsp3) is 0.0667. The number of nitrogen functional groups attached to an aromatic ring is 1. The van der Waals surface area contributed by atoms with Gasteiger partial charge >= 0.3 is 0 Å². The summed E-state index contributed by atoms with van der Waals surface area (Å²) in [7, 11) is 0. The van der Waals surface area contributed by atoms with E-state index >= 15 is 0 Å². The smallest absolute Gasteiger partial charge is 0.146 e. The molecule has 3 rings (SSSR count). The quantitative estimate of drug-likeness (QED) is 0.704. The molecule has 96 valence electrons. The zero-order chi connectivity index (χ0) is 13.2. The van der Waals surface area contributed by atoms with Crippen LogP contribution in [-0.2, 0) is 6.61 Å². The van der Waals surface area contributed by atoms with Gasteiger partial charge in [0.05, 0.1) is 0 Å². The van der Waals surface area contributed by atoms with Crippen molar-refractivity contribution in [3.8, 4) is 11.5 Å². The number of rotatable bonds is 3. The van der Waals surface area contributed by atoms with Crippen molar-refractivity contribution in [2.75, 3.05) is 5.73 Å². The van der Waals surface area contributed by atoms with Crippen molar-refractivity contribution in [3.05, 3.63) is 54.3 Å². The maximum absolute atomic E-state index is 9.18. The summed E-state index contributed by atoms with van der Waals surface area (Å²) in [5.74, 6) is 1.62. The highest BCUT2D eigenvalue weighted by molar-refractivity contribution is 5.81. The first-order valence-electron chi connectivity index (χ1n) is 5.90. The minimum atomic E-state index is 0.214. The van der Waals surface area contributed by atoms with E-state index < -0.39 is 0 Å². The molecule has 0 saturated heterocycles. The third-order valence-corrected chi connectivity index (χ3v) is 2.81. The third-order valence-electron chi connectivity index (χ3n) is 2.81. The second-order valence-corrected chi connectivity index (χ2v) is 4.29. The van der Waals surface area contributed by atoms with E-state index in [2.05, 4.69) is 0 Å². The fourth-order valence-corrected chi connectivity index (χ4v) is 1.88. The number of furan rings is 1. The Morgan fingerprint density at radius 3 is 2.63 bits per heavy atom. The van der Waals surface area contributed by atoms with Gasteiger partial charge in [0.2, 0.25) is 0 Å². The second-order valence-electron chi connectivity index (χ2n) is 4.29. The van der Waals surface area contributed by atoms with Crippen LogP contribution in [0.25, 0.3) is 11.0 Å². The van der Waals surface area contributed by atoms with Crippen molar-refractivity contribution >= 4 is 16.7 Å². The molecule has 0 aliphatic heterocycles. The SMILES string of the molecule is Nc1ccc2oc(COc3ccc(O)cc3)cc2c1. The minimum absolute atomic E-state index is 0.214. The number of phenolic OH excluding ortho intramolecular Hbond substituents is 1. The summed E-state index contributed by atoms with van der Waals surface area (Å²) in [6, 6.07) is 14.0. The highest BCUT2D eigenvalue weighted by Crippen LogP contribution is 2.23. The molecule has 0 saturated carbocycles. The molecule has 0 amide bonds. The molecule has 0 unspecified atom stereocenters. The largest absolute Gasteiger partial charge is 0.508 e. The standard InChI is InChI=1S/C15H13NO3/c16-11-1-6-15-10(7-11)8-14(19-15)9-18-13-4-2-12(17)3-5-13/h1-8,17H,9,16H2. The lowest BCUT2D eigenvalue weighted by Gasteiger charge is -2.03. The van der Waals surface area contributed by atoms with Crippen LogP contribution in [0.2, 0.25) is 0 Å². The summed E-state index contributed by atoms with van der Waals surface area (Å²) >= 11 is 0. The van der Waals surface area contributed by atoms with Crippen LogP contribution in [-0.4, -0.2) is 5.11 Å². The van der Waals surface area contributed by atoms with Gasteiger partial charge in [0, 0.05) is 11.1 Å². The first-order valence-corrected chi connectivity index (χ1v) is 5.90. The number of aromatic hydroxyl groups is 1. The molecule has 2 aromatic carbocycles. The number of fused-ring (bicyclic) bond motifs is 1. The Bertz CT molecular complexity index is 701. The van der Waals surface area contributed by atoms with Crippen molar-refractivity contribution in [1.82, 2.24) is 0 Å². The van der Waals surface area contributed by atoms with E-state index in [4.69, 9.17) is 14.9 Å². The van der Waals surface area contributed by atoms with Gasteiger partial charge in [-0.05, 0) is 48.5 Å². The van der Waals surface area contributed by atoms with Crippen molar-refractivity contribution in [3.63, 3.8) is 0 Å². The number of ether oxygens (including phenoxy) is 1. The van der Waals surface area contributed by atoms with E-state index in [1.165, 1.54) is 0 Å². The van der Waals surface area contributed by atoms with Crippen LogP contribution in [0.1, 0.15) is 5.76 Å². The topological polar surface area (TPSA) is 68.6 Å². The Kier molecular flexibility index (Phi) is 2.76. The van der Waals surface area contributed by atoms with Crippen molar-refractivity contribution in [1.29, 1.82) is 0 Å². The Morgan fingerprint density at radius 2 is 1.84 bits per heavy atom. The van der Waals surface area contributed by atoms with Gasteiger partial charge in [-0.1, -0.05) is 0 Å². The van der Waals surface area contributed by atoms with Crippen LogP contribution in [0.5, 0.6) is 11.5 Å². The molecule has 1 aromatic heterocycles. The first-order chi connectivity index (χ1) is 9.20. The van der Waals surface area contributed by atoms with Gasteiger partial charge in [-0.3, -0.25) is 0 Å². The summed E-state index contributed by atoms with van der Waals surface area (Å²) in [6.07, 6.45) is 0. The van der Waals surface area contributed by atoms with Crippen LogP contribution in [0.3, 0.4) is 0 Å². The van der Waals surface area contributed by atoms with Gasteiger partial charge in [-0.25, -0.2) is 0 Å². The lowest BCUT2D eigenvalue weighted by Crippen LogP contribution is -1.92. The molecular formula is C15H13NO3. The summed E-state index contributed by atoms with van der Waals surface area (Å²) < 4.78 is 11.2. The highest BCUT2D eigenvalue weighted by Gasteiger charge is 2.05. The predicted molar refractivity (Wildman–Crippen MR) is 73.1 cm³/mol. The molecule has 0 radical (unpaired) electrons. The molecule has 3 N–H and O–H groups in total. The van der Waals surface area contributed by atoms with Gasteiger partial charge in [0.25, 0.3) is 0 Å². The molecule has 3 aromatic rings. The van der Waals surface area contributed by atoms with Crippen molar-refractivity contribution in [2.24, 2.45) is 0 Å². The average Bonchev–Trinajstić information content (AvgIpc) is 2.80. The summed E-state index contributed by atoms with van der Waals surface area (Å²) in [4.78, 5) is 0. The molecule has 0 aliphatic rings. The van der Waals surface area contributed by atoms with E-state index in [1.807, 2.05) is 18.2 Å². The molecule has 0 aliphatic carbocycles. The van der Waals surface area contributed by atoms with Gasteiger partial charge in [0.1, 0.15) is 29.4 Å². The Morgan fingerprint density at radius 1 is 1.05 bits per heavy atom. The number of hydrogen-bond acceptors (Lipinski definition) is 4. The molecular weight excluding hydrogens is 242 g/mol. The zero-order valence-corrected chi connectivity index (χ0v) is 10.2. The van der Waals surface area contributed by atoms with E-state index in [0.29, 0.717) is 18.0 Å². The molecule has 0 atom stereocenters. The number of nitrogens with two attached hydrogens (primary N) is 1. The molecule has 1 heterocycles. The summed E-state index contributed by atoms with van der Waals surface area (Å²) in [5, 5.41) is 10.1. The maximum Gasteiger partial charge on any atom is 0.146 e. The second kappa shape index (κ2) is 4.57. The predicted octanol–water partition coefficient (Wildman–Crippen LogP) is 3.30. The fourth-order valence-electron chi connectivity index (χ4n) is 1.88. The molecule has 4 nitrogen and oxygen atoms in total. The van der Waals surface area contributed by atoms with Gasteiger partial charge in [-0.15, -0.1) is 0 Å². The lowest BCUT2D eigenvalue weighted by molar-refractivity contribution is 0.274. The van der Waals surface area contributed by atoms with Crippen LogP contribution in [0.4, 0.5) is 5.69 Å². The van der Waals surface area contributed by atoms with Crippen LogP contribution in [0, 0.1) is 0 Å². The Hall–Kier alpha value is -2.62. The van der Waals surface area contributed by atoms with Crippen LogP contribution >= 0.6 is 0 Å². The molecule has 19 heavy (non-hydrogen) atoms. The number of phenols is 1. The first kappa shape index (κ1) is 11.5. The summed E-state index contributed by atoms with van der Waals surface area (Å²) in [6.45, 7) is 0.333. The normalized spacial score (nSPS) is 10.7. The number of benzene rings is 2. The van der Waals surface area contributed by atoms with Crippen LogP contribution in [0.15, 0.2) is 52.9 Å². The lowest BCUT2D eigenvalue weighted by atomic mass is 10.2.